The van der Waals surface area contributed by atoms with E-state index >= 15 is 0 Å². The molecule has 1 amide bonds. The number of amides is 1. The third kappa shape index (κ3) is 5.04. The number of benzene rings is 2. The van der Waals surface area contributed by atoms with Gasteiger partial charge in [-0.25, -0.2) is 9.59 Å². The van der Waals surface area contributed by atoms with Crippen molar-refractivity contribution in [3.63, 3.8) is 0 Å². The van der Waals surface area contributed by atoms with Crippen LogP contribution in [-0.2, 0) is 14.3 Å². The zero-order valence-corrected chi connectivity index (χ0v) is 19.7. The fourth-order valence-corrected chi connectivity index (χ4v) is 3.73. The molecule has 0 saturated carbocycles. The zero-order valence-electron chi connectivity index (χ0n) is 18.1. The largest absolute Gasteiger partial charge is 0.497 e. The normalized spacial score (nSPS) is 18.2. The van der Waals surface area contributed by atoms with Gasteiger partial charge in [0.05, 0.1) is 19.8 Å². The molecule has 0 unspecified atom stereocenters. The number of ketones is 1. The summed E-state index contributed by atoms with van der Waals surface area (Å²) in [6.07, 6.45) is -3.12. The summed E-state index contributed by atoms with van der Waals surface area (Å²) in [5.74, 6) is -0.342. The predicted molar refractivity (Wildman–Crippen MR) is 119 cm³/mol. The van der Waals surface area contributed by atoms with Gasteiger partial charge >= 0.3 is 12.1 Å². The van der Waals surface area contributed by atoms with Crippen molar-refractivity contribution in [2.45, 2.75) is 32.1 Å². The highest BCUT2D eigenvalue weighted by molar-refractivity contribution is 9.10. The van der Waals surface area contributed by atoms with Crippen LogP contribution in [0.2, 0.25) is 0 Å². The standard InChI is InChI=1S/C23H24BrNO7/c1-12(2)18(22(27)30-4)25-23(28)32-21-19(26)16-11-14(24)8-9-17(16)31-20(21)13-6-5-7-15(10-13)29-3/h5-12,18,20-21H,1-4H3,(H,25,28)/t18-,20-,21+/m0/s1. The highest BCUT2D eigenvalue weighted by Gasteiger charge is 2.42. The molecule has 0 spiro atoms. The fraction of sp³-hybridized carbons (Fsp3) is 0.348. The lowest BCUT2D eigenvalue weighted by Crippen LogP contribution is -2.48. The van der Waals surface area contributed by atoms with E-state index in [2.05, 4.69) is 21.2 Å². The molecule has 0 bridgehead atoms. The maximum absolute atomic E-state index is 13.3. The highest BCUT2D eigenvalue weighted by Crippen LogP contribution is 2.38. The predicted octanol–water partition coefficient (Wildman–Crippen LogP) is 4.07. The van der Waals surface area contributed by atoms with Crippen molar-refractivity contribution in [3.8, 4) is 11.5 Å². The maximum atomic E-state index is 13.3. The molecular weight excluding hydrogens is 482 g/mol. The Hall–Kier alpha value is -3.07. The summed E-state index contributed by atoms with van der Waals surface area (Å²) >= 11 is 3.34. The summed E-state index contributed by atoms with van der Waals surface area (Å²) in [7, 11) is 2.76. The van der Waals surface area contributed by atoms with Gasteiger partial charge in [0.1, 0.15) is 17.5 Å². The van der Waals surface area contributed by atoms with Crippen LogP contribution in [-0.4, -0.2) is 44.2 Å². The van der Waals surface area contributed by atoms with Crippen molar-refractivity contribution in [3.05, 3.63) is 58.1 Å². The lowest BCUT2D eigenvalue weighted by molar-refractivity contribution is -0.144. The number of methoxy groups -OCH3 is 2. The first-order valence-corrected chi connectivity index (χ1v) is 10.7. The van der Waals surface area contributed by atoms with Gasteiger partial charge in [-0.3, -0.25) is 4.79 Å². The molecule has 32 heavy (non-hydrogen) atoms. The van der Waals surface area contributed by atoms with Gasteiger partial charge in [0, 0.05) is 10.0 Å². The van der Waals surface area contributed by atoms with Gasteiger partial charge in [-0.2, -0.15) is 0 Å². The first-order valence-electron chi connectivity index (χ1n) is 9.94. The number of halogens is 1. The van der Waals surface area contributed by atoms with Crippen molar-refractivity contribution >= 4 is 33.8 Å². The van der Waals surface area contributed by atoms with E-state index in [0.717, 1.165) is 0 Å². The first kappa shape index (κ1) is 23.6. The van der Waals surface area contributed by atoms with Crippen LogP contribution >= 0.6 is 15.9 Å². The molecule has 1 N–H and O–H groups in total. The summed E-state index contributed by atoms with van der Waals surface area (Å²) in [6.45, 7) is 3.51. The minimum Gasteiger partial charge on any atom is -0.497 e. The Balaban J connectivity index is 1.94. The molecule has 1 aliphatic rings. The summed E-state index contributed by atoms with van der Waals surface area (Å²) in [5.41, 5.74) is 0.877. The molecule has 0 saturated heterocycles. The maximum Gasteiger partial charge on any atom is 0.408 e. The van der Waals surface area contributed by atoms with E-state index in [1.54, 1.807) is 56.3 Å². The summed E-state index contributed by atoms with van der Waals surface area (Å²) in [4.78, 5) is 38.0. The van der Waals surface area contributed by atoms with Crippen LogP contribution in [0.1, 0.15) is 35.9 Å². The van der Waals surface area contributed by atoms with E-state index in [-0.39, 0.29) is 11.5 Å². The van der Waals surface area contributed by atoms with Crippen LogP contribution in [0.3, 0.4) is 0 Å². The SMILES string of the molecule is COC(=O)[C@@H](NC(=O)O[C@@H]1C(=O)c2cc(Br)ccc2O[C@H]1c1cccc(OC)c1)C(C)C. The molecule has 170 valence electrons. The number of alkyl carbamates (subject to hydrolysis) is 1. The fourth-order valence-electron chi connectivity index (χ4n) is 3.36. The summed E-state index contributed by atoms with van der Waals surface area (Å²) in [6, 6.07) is 11.1. The Morgan fingerprint density at radius 3 is 2.53 bits per heavy atom. The molecule has 0 aliphatic carbocycles. The molecule has 1 heterocycles. The van der Waals surface area contributed by atoms with Gasteiger partial charge in [0.2, 0.25) is 11.9 Å². The minimum absolute atomic E-state index is 0.251. The number of hydrogen-bond acceptors (Lipinski definition) is 7. The molecule has 2 aromatic carbocycles. The average molecular weight is 506 g/mol. The van der Waals surface area contributed by atoms with Gasteiger partial charge in [-0.1, -0.05) is 41.9 Å². The Labute approximate surface area is 194 Å². The molecular formula is C23H24BrNO7. The molecule has 9 heteroatoms. The number of Topliss-reactive ketones (excluding diaryl/α,β-unsaturated/α-hetero) is 1. The van der Waals surface area contributed by atoms with Crippen molar-refractivity contribution < 1.29 is 33.3 Å². The van der Waals surface area contributed by atoms with Gasteiger partial charge in [0.25, 0.3) is 0 Å². The van der Waals surface area contributed by atoms with E-state index in [9.17, 15) is 14.4 Å². The smallest absolute Gasteiger partial charge is 0.408 e. The Kier molecular flexibility index (Phi) is 7.40. The van der Waals surface area contributed by atoms with Gasteiger partial charge in [-0.05, 0) is 36.2 Å². The Bertz CT molecular complexity index is 1020. The second kappa shape index (κ2) is 10.0. The van der Waals surface area contributed by atoms with Crippen LogP contribution < -0.4 is 14.8 Å². The highest BCUT2D eigenvalue weighted by atomic mass is 79.9. The quantitative estimate of drug-likeness (QED) is 0.590. The lowest BCUT2D eigenvalue weighted by atomic mass is 9.93. The van der Waals surface area contributed by atoms with Gasteiger partial charge in [0.15, 0.2) is 6.10 Å². The van der Waals surface area contributed by atoms with Crippen LogP contribution in [0.5, 0.6) is 11.5 Å². The first-order chi connectivity index (χ1) is 15.2. The van der Waals surface area contributed by atoms with Crippen molar-refractivity contribution in [2.75, 3.05) is 14.2 Å². The summed E-state index contributed by atoms with van der Waals surface area (Å²) in [5, 5.41) is 2.49. The van der Waals surface area contributed by atoms with Crippen molar-refractivity contribution in [1.82, 2.24) is 5.32 Å². The van der Waals surface area contributed by atoms with E-state index in [1.807, 2.05) is 0 Å². The molecule has 3 atom stereocenters. The van der Waals surface area contributed by atoms with Gasteiger partial charge in [-0.15, -0.1) is 0 Å². The number of hydrogen-bond donors (Lipinski definition) is 1. The summed E-state index contributed by atoms with van der Waals surface area (Å²) < 4.78 is 22.3. The number of carbonyl (C=O) groups is 3. The third-order valence-electron chi connectivity index (χ3n) is 5.05. The minimum atomic E-state index is -1.28. The number of rotatable bonds is 6. The molecule has 0 radical (unpaired) electrons. The number of nitrogens with one attached hydrogen (secondary N) is 1. The number of esters is 1. The van der Waals surface area contributed by atoms with E-state index in [0.29, 0.717) is 21.5 Å². The third-order valence-corrected chi connectivity index (χ3v) is 5.54. The second-order valence-electron chi connectivity index (χ2n) is 7.53. The second-order valence-corrected chi connectivity index (χ2v) is 8.45. The van der Waals surface area contributed by atoms with Gasteiger partial charge < -0.3 is 24.3 Å². The molecule has 2 aromatic rings. The van der Waals surface area contributed by atoms with E-state index < -0.39 is 36.1 Å². The molecule has 8 nitrogen and oxygen atoms in total. The molecule has 3 rings (SSSR count). The monoisotopic (exact) mass is 505 g/mol. The number of carbonyl (C=O) groups excluding carboxylic acids is 3. The Morgan fingerprint density at radius 2 is 1.88 bits per heavy atom. The van der Waals surface area contributed by atoms with Crippen LogP contribution in [0.25, 0.3) is 0 Å². The zero-order chi connectivity index (χ0) is 23.4. The van der Waals surface area contributed by atoms with Crippen molar-refractivity contribution in [2.24, 2.45) is 5.92 Å². The molecule has 0 fully saturated rings. The topological polar surface area (TPSA) is 100 Å². The van der Waals surface area contributed by atoms with Crippen molar-refractivity contribution in [1.29, 1.82) is 0 Å². The van der Waals surface area contributed by atoms with Crippen LogP contribution in [0, 0.1) is 5.92 Å². The molecule has 1 aliphatic heterocycles. The number of ether oxygens (including phenoxy) is 4. The molecule has 0 aromatic heterocycles. The number of fused-ring (bicyclic) bond motifs is 1. The van der Waals surface area contributed by atoms with Crippen LogP contribution in [0.15, 0.2) is 46.9 Å². The Morgan fingerprint density at radius 1 is 1.12 bits per heavy atom. The van der Waals surface area contributed by atoms with E-state index in [4.69, 9.17) is 18.9 Å². The lowest BCUT2D eigenvalue weighted by Gasteiger charge is -2.33. The van der Waals surface area contributed by atoms with Crippen LogP contribution in [0.4, 0.5) is 4.79 Å². The van der Waals surface area contributed by atoms with E-state index in [1.165, 1.54) is 14.2 Å². The average Bonchev–Trinajstić information content (AvgIpc) is 2.78.